The normalized spacial score (nSPS) is 14.2. The fraction of sp³-hybridized carbons (Fsp3) is 0.200. The van der Waals surface area contributed by atoms with E-state index in [1.54, 1.807) is 24.3 Å². The first-order valence-electron chi connectivity index (χ1n) is 5.69. The molecule has 0 aliphatic rings. The van der Waals surface area contributed by atoms with Gasteiger partial charge in [-0.3, -0.25) is 0 Å². The van der Waals surface area contributed by atoms with Gasteiger partial charge in [0.1, 0.15) is 6.67 Å². The van der Waals surface area contributed by atoms with Crippen LogP contribution in [0.1, 0.15) is 11.1 Å². The maximum Gasteiger partial charge on any atom is 0.168 e. The van der Waals surface area contributed by atoms with Gasteiger partial charge in [0.15, 0.2) is 5.67 Å². The Bertz CT molecular complexity index is 496. The van der Waals surface area contributed by atoms with Gasteiger partial charge in [-0.2, -0.15) is 0 Å². The van der Waals surface area contributed by atoms with Crippen LogP contribution >= 0.6 is 11.6 Å². The number of halogens is 3. The number of benzene rings is 2. The quantitative estimate of drug-likeness (QED) is 0.751. The largest absolute Gasteiger partial charge is 0.247 e. The van der Waals surface area contributed by atoms with Crippen LogP contribution in [-0.4, -0.2) is 6.67 Å². The molecule has 0 saturated carbocycles. The van der Waals surface area contributed by atoms with E-state index < -0.39 is 12.3 Å². The van der Waals surface area contributed by atoms with E-state index in [2.05, 4.69) is 0 Å². The van der Waals surface area contributed by atoms with Gasteiger partial charge >= 0.3 is 0 Å². The van der Waals surface area contributed by atoms with E-state index in [1.807, 2.05) is 18.2 Å². The van der Waals surface area contributed by atoms with E-state index in [1.165, 1.54) is 12.1 Å². The van der Waals surface area contributed by atoms with Gasteiger partial charge in [0.05, 0.1) is 0 Å². The van der Waals surface area contributed by atoms with E-state index in [4.69, 9.17) is 11.6 Å². The molecule has 2 aromatic carbocycles. The van der Waals surface area contributed by atoms with Crippen LogP contribution in [0.3, 0.4) is 0 Å². The topological polar surface area (TPSA) is 0 Å². The molecular formula is C15H13ClF2. The molecule has 1 atom stereocenters. The van der Waals surface area contributed by atoms with Crippen LogP contribution in [0.4, 0.5) is 8.78 Å². The molecule has 0 fully saturated rings. The summed E-state index contributed by atoms with van der Waals surface area (Å²) in [5.74, 6) is 0. The summed E-state index contributed by atoms with van der Waals surface area (Å²) in [7, 11) is 0. The SMILES string of the molecule is FCC(F)(Cc1ccccc1)c1ccc(Cl)cc1. The third-order valence-corrected chi connectivity index (χ3v) is 3.15. The predicted molar refractivity (Wildman–Crippen MR) is 70.4 cm³/mol. The van der Waals surface area contributed by atoms with Crippen LogP contribution in [-0.2, 0) is 12.1 Å². The molecule has 1 unspecified atom stereocenters. The number of rotatable bonds is 4. The molecule has 18 heavy (non-hydrogen) atoms. The van der Waals surface area contributed by atoms with Crippen molar-refractivity contribution in [2.75, 3.05) is 6.67 Å². The van der Waals surface area contributed by atoms with Crippen LogP contribution < -0.4 is 0 Å². The first-order chi connectivity index (χ1) is 8.64. The van der Waals surface area contributed by atoms with Crippen LogP contribution in [0.25, 0.3) is 0 Å². The van der Waals surface area contributed by atoms with E-state index in [0.717, 1.165) is 5.56 Å². The summed E-state index contributed by atoms with van der Waals surface area (Å²) in [6.45, 7) is -1.05. The minimum atomic E-state index is -1.99. The molecule has 0 heterocycles. The van der Waals surface area contributed by atoms with Crippen molar-refractivity contribution in [3.63, 3.8) is 0 Å². The predicted octanol–water partition coefficient (Wildman–Crippen LogP) is 4.72. The molecule has 3 heteroatoms. The number of alkyl halides is 2. The number of hydrogen-bond acceptors (Lipinski definition) is 0. The summed E-state index contributed by atoms with van der Waals surface area (Å²) in [6.07, 6.45) is 0.0198. The maximum atomic E-state index is 14.7. The zero-order chi connectivity index (χ0) is 13.0. The first-order valence-corrected chi connectivity index (χ1v) is 6.07. The third-order valence-electron chi connectivity index (χ3n) is 2.90. The monoisotopic (exact) mass is 266 g/mol. The molecular weight excluding hydrogens is 254 g/mol. The highest BCUT2D eigenvalue weighted by Gasteiger charge is 2.32. The second-order valence-electron chi connectivity index (χ2n) is 4.27. The highest BCUT2D eigenvalue weighted by molar-refractivity contribution is 6.30. The lowest BCUT2D eigenvalue weighted by atomic mass is 9.90. The van der Waals surface area contributed by atoms with Crippen molar-refractivity contribution in [1.82, 2.24) is 0 Å². The van der Waals surface area contributed by atoms with E-state index in [-0.39, 0.29) is 6.42 Å². The number of hydrogen-bond donors (Lipinski definition) is 0. The Labute approximate surface area is 110 Å². The van der Waals surface area contributed by atoms with Gasteiger partial charge in [0.2, 0.25) is 0 Å². The molecule has 2 rings (SSSR count). The van der Waals surface area contributed by atoms with E-state index >= 15 is 0 Å². The molecule has 0 radical (unpaired) electrons. The second kappa shape index (κ2) is 5.49. The van der Waals surface area contributed by atoms with E-state index in [0.29, 0.717) is 10.6 Å². The van der Waals surface area contributed by atoms with Gasteiger partial charge in [-0.25, -0.2) is 8.78 Å². The summed E-state index contributed by atoms with van der Waals surface area (Å²) < 4.78 is 27.8. The lowest BCUT2D eigenvalue weighted by Gasteiger charge is -2.22. The van der Waals surface area contributed by atoms with Crippen molar-refractivity contribution >= 4 is 11.6 Å². The molecule has 0 nitrogen and oxygen atoms in total. The molecule has 2 aromatic rings. The smallest absolute Gasteiger partial charge is 0.168 e. The molecule has 0 aromatic heterocycles. The molecule has 0 amide bonds. The summed E-state index contributed by atoms with van der Waals surface area (Å²) >= 11 is 5.75. The average molecular weight is 267 g/mol. The Hall–Kier alpha value is -1.41. The standard InChI is InChI=1S/C15H13ClF2/c16-14-8-6-13(7-9-14)15(18,11-17)10-12-4-2-1-3-5-12/h1-9H,10-11H2. The molecule has 94 valence electrons. The van der Waals surface area contributed by atoms with Gasteiger partial charge in [-0.1, -0.05) is 54.1 Å². The average Bonchev–Trinajstić information content (AvgIpc) is 2.40. The molecule has 0 saturated heterocycles. The second-order valence-corrected chi connectivity index (χ2v) is 4.70. The summed E-state index contributed by atoms with van der Waals surface area (Å²) in [6, 6.07) is 15.3. The Morgan fingerprint density at radius 3 is 2.11 bits per heavy atom. The van der Waals surface area contributed by atoms with Crippen molar-refractivity contribution in [2.24, 2.45) is 0 Å². The van der Waals surface area contributed by atoms with Gasteiger partial charge in [-0.15, -0.1) is 0 Å². The van der Waals surface area contributed by atoms with Crippen molar-refractivity contribution in [3.8, 4) is 0 Å². The minimum absolute atomic E-state index is 0.0198. The Morgan fingerprint density at radius 2 is 1.56 bits per heavy atom. The van der Waals surface area contributed by atoms with Crippen molar-refractivity contribution < 1.29 is 8.78 Å². The minimum Gasteiger partial charge on any atom is -0.247 e. The third kappa shape index (κ3) is 2.88. The molecule has 0 aliphatic carbocycles. The Balaban J connectivity index is 2.28. The maximum absolute atomic E-state index is 14.7. The molecule has 0 bridgehead atoms. The molecule has 0 spiro atoms. The fourth-order valence-corrected chi connectivity index (χ4v) is 2.02. The van der Waals surface area contributed by atoms with Gasteiger partial charge < -0.3 is 0 Å². The van der Waals surface area contributed by atoms with Crippen LogP contribution in [0.15, 0.2) is 54.6 Å². The first kappa shape index (κ1) is 13.0. The van der Waals surface area contributed by atoms with Crippen molar-refractivity contribution in [3.05, 3.63) is 70.7 Å². The zero-order valence-corrected chi connectivity index (χ0v) is 10.5. The highest BCUT2D eigenvalue weighted by atomic mass is 35.5. The van der Waals surface area contributed by atoms with E-state index in [9.17, 15) is 8.78 Å². The van der Waals surface area contributed by atoms with Crippen molar-refractivity contribution in [2.45, 2.75) is 12.1 Å². The lowest BCUT2D eigenvalue weighted by molar-refractivity contribution is 0.119. The summed E-state index contributed by atoms with van der Waals surface area (Å²) in [4.78, 5) is 0. The van der Waals surface area contributed by atoms with Crippen LogP contribution in [0.5, 0.6) is 0 Å². The summed E-state index contributed by atoms with van der Waals surface area (Å²) in [5, 5.41) is 0.514. The van der Waals surface area contributed by atoms with Gasteiger partial charge in [-0.05, 0) is 23.3 Å². The van der Waals surface area contributed by atoms with Crippen molar-refractivity contribution in [1.29, 1.82) is 0 Å². The summed E-state index contributed by atoms with van der Waals surface area (Å²) in [5.41, 5.74) is -0.905. The Kier molecular flexibility index (Phi) is 3.97. The molecule has 0 aliphatic heterocycles. The highest BCUT2D eigenvalue weighted by Crippen LogP contribution is 2.31. The molecule has 0 N–H and O–H groups in total. The van der Waals surface area contributed by atoms with Gasteiger partial charge in [0, 0.05) is 11.4 Å². The van der Waals surface area contributed by atoms with Crippen LogP contribution in [0.2, 0.25) is 5.02 Å². The van der Waals surface area contributed by atoms with Gasteiger partial charge in [0.25, 0.3) is 0 Å². The fourth-order valence-electron chi connectivity index (χ4n) is 1.89. The zero-order valence-electron chi connectivity index (χ0n) is 9.74. The van der Waals surface area contributed by atoms with Crippen LogP contribution in [0, 0.1) is 0 Å². The Morgan fingerprint density at radius 1 is 0.944 bits per heavy atom. The lowest BCUT2D eigenvalue weighted by Crippen LogP contribution is -2.25.